The summed E-state index contributed by atoms with van der Waals surface area (Å²) in [6, 6.07) is 6.55. The van der Waals surface area contributed by atoms with Gasteiger partial charge in [-0.2, -0.15) is 0 Å². The minimum Gasteiger partial charge on any atom is -0.388 e. The van der Waals surface area contributed by atoms with E-state index in [1.54, 1.807) is 25.4 Å². The topological polar surface area (TPSA) is 93.0 Å². The molecular weight excluding hydrogens is 246 g/mol. The van der Waals surface area contributed by atoms with E-state index in [0.29, 0.717) is 17.9 Å². The van der Waals surface area contributed by atoms with Crippen molar-refractivity contribution in [1.29, 1.82) is 0 Å². The maximum atomic E-state index is 10.8. The molecule has 0 saturated heterocycles. The normalized spacial score (nSPS) is 9.95. The number of aromatic nitrogens is 2. The van der Waals surface area contributed by atoms with E-state index in [9.17, 15) is 10.1 Å². The fourth-order valence-corrected chi connectivity index (χ4v) is 1.58. The molecule has 0 amide bonds. The molecule has 7 nitrogen and oxygen atoms in total. The highest BCUT2D eigenvalue weighted by atomic mass is 16.6. The lowest BCUT2D eigenvalue weighted by atomic mass is 10.2. The second-order valence-corrected chi connectivity index (χ2v) is 3.83. The summed E-state index contributed by atoms with van der Waals surface area (Å²) in [6.07, 6.45) is 3.11. The molecule has 1 aromatic heterocycles. The van der Waals surface area contributed by atoms with E-state index in [1.807, 2.05) is 0 Å². The van der Waals surface area contributed by atoms with E-state index in [2.05, 4.69) is 20.6 Å². The van der Waals surface area contributed by atoms with Gasteiger partial charge in [0.15, 0.2) is 0 Å². The zero-order valence-electron chi connectivity index (χ0n) is 10.3. The van der Waals surface area contributed by atoms with Gasteiger partial charge in [-0.3, -0.25) is 10.1 Å². The van der Waals surface area contributed by atoms with Crippen molar-refractivity contribution in [1.82, 2.24) is 9.97 Å². The number of nitrogens with zero attached hydrogens (tertiary/aromatic N) is 3. The lowest BCUT2D eigenvalue weighted by Gasteiger charge is -2.08. The zero-order valence-corrected chi connectivity index (χ0v) is 10.3. The van der Waals surface area contributed by atoms with Crippen LogP contribution in [0.1, 0.15) is 5.69 Å². The SMILES string of the molecule is CNc1cc(NCc2ccncn2)cc([N+](=O)[O-])c1. The summed E-state index contributed by atoms with van der Waals surface area (Å²) < 4.78 is 0. The number of non-ortho nitro benzene ring substituents is 1. The lowest BCUT2D eigenvalue weighted by molar-refractivity contribution is -0.384. The summed E-state index contributed by atoms with van der Waals surface area (Å²) in [5.41, 5.74) is 2.20. The molecule has 0 spiro atoms. The van der Waals surface area contributed by atoms with E-state index in [4.69, 9.17) is 0 Å². The average Bonchev–Trinajstić information content (AvgIpc) is 2.45. The number of hydrogen-bond acceptors (Lipinski definition) is 6. The van der Waals surface area contributed by atoms with Crippen molar-refractivity contribution in [3.05, 3.63) is 52.6 Å². The quantitative estimate of drug-likeness (QED) is 0.630. The number of nitrogens with one attached hydrogen (secondary N) is 2. The molecule has 19 heavy (non-hydrogen) atoms. The van der Waals surface area contributed by atoms with Gasteiger partial charge < -0.3 is 10.6 Å². The number of anilines is 2. The first-order valence-corrected chi connectivity index (χ1v) is 5.65. The van der Waals surface area contributed by atoms with E-state index in [1.165, 1.54) is 18.5 Å². The molecule has 1 aromatic carbocycles. The number of rotatable bonds is 5. The van der Waals surface area contributed by atoms with Gasteiger partial charge in [0, 0.05) is 36.8 Å². The molecule has 0 aliphatic rings. The molecule has 0 aliphatic heterocycles. The molecule has 2 rings (SSSR count). The van der Waals surface area contributed by atoms with Crippen LogP contribution in [0, 0.1) is 10.1 Å². The minimum absolute atomic E-state index is 0.0389. The molecule has 0 radical (unpaired) electrons. The van der Waals surface area contributed by atoms with Gasteiger partial charge in [-0.1, -0.05) is 0 Å². The average molecular weight is 259 g/mol. The van der Waals surface area contributed by atoms with E-state index < -0.39 is 4.92 Å². The molecule has 7 heteroatoms. The minimum atomic E-state index is -0.420. The Balaban J connectivity index is 2.15. The Morgan fingerprint density at radius 2 is 2.11 bits per heavy atom. The standard InChI is InChI=1S/C12H13N5O2/c1-13-10-4-11(6-12(5-10)17(18)19)15-7-9-2-3-14-8-16-9/h2-6,8,13,15H,7H2,1H3. The van der Waals surface area contributed by atoms with Crippen molar-refractivity contribution < 1.29 is 4.92 Å². The lowest BCUT2D eigenvalue weighted by Crippen LogP contribution is -2.03. The molecule has 1 heterocycles. The van der Waals surface area contributed by atoms with Crippen molar-refractivity contribution in [2.45, 2.75) is 6.54 Å². The second kappa shape index (κ2) is 5.76. The smallest absolute Gasteiger partial charge is 0.273 e. The first-order chi connectivity index (χ1) is 9.19. The number of hydrogen-bond donors (Lipinski definition) is 2. The van der Waals surface area contributed by atoms with E-state index in [0.717, 1.165) is 5.69 Å². The van der Waals surface area contributed by atoms with Gasteiger partial charge in [0.05, 0.1) is 17.2 Å². The van der Waals surface area contributed by atoms with Crippen LogP contribution in [0.15, 0.2) is 36.8 Å². The van der Waals surface area contributed by atoms with Gasteiger partial charge >= 0.3 is 0 Å². The Labute approximate surface area is 109 Å². The largest absolute Gasteiger partial charge is 0.388 e. The first kappa shape index (κ1) is 12.7. The fraction of sp³-hybridized carbons (Fsp3) is 0.167. The molecule has 0 fully saturated rings. The van der Waals surface area contributed by atoms with Crippen LogP contribution in [0.4, 0.5) is 17.1 Å². The van der Waals surface area contributed by atoms with Gasteiger partial charge in [0.1, 0.15) is 6.33 Å². The highest BCUT2D eigenvalue weighted by Gasteiger charge is 2.09. The summed E-state index contributed by atoms with van der Waals surface area (Å²) in [5, 5.41) is 16.8. The summed E-state index contributed by atoms with van der Waals surface area (Å²) >= 11 is 0. The Bertz CT molecular complexity index is 574. The molecule has 0 bridgehead atoms. The van der Waals surface area contributed by atoms with Gasteiger partial charge in [-0.15, -0.1) is 0 Å². The maximum Gasteiger partial charge on any atom is 0.273 e. The van der Waals surface area contributed by atoms with Crippen LogP contribution in [0.5, 0.6) is 0 Å². The third-order valence-corrected chi connectivity index (χ3v) is 2.53. The zero-order chi connectivity index (χ0) is 13.7. The molecule has 98 valence electrons. The predicted molar refractivity (Wildman–Crippen MR) is 72.0 cm³/mol. The van der Waals surface area contributed by atoms with Crippen LogP contribution < -0.4 is 10.6 Å². The summed E-state index contributed by atoms with van der Waals surface area (Å²) in [7, 11) is 1.72. The van der Waals surface area contributed by atoms with Gasteiger partial charge in [-0.05, 0) is 12.1 Å². The highest BCUT2D eigenvalue weighted by Crippen LogP contribution is 2.24. The van der Waals surface area contributed by atoms with Crippen molar-refractivity contribution >= 4 is 17.1 Å². The molecular formula is C12H13N5O2. The number of nitro benzene ring substituents is 1. The third kappa shape index (κ3) is 3.38. The molecule has 0 unspecified atom stereocenters. The van der Waals surface area contributed by atoms with Gasteiger partial charge in [0.2, 0.25) is 0 Å². The third-order valence-electron chi connectivity index (χ3n) is 2.53. The highest BCUT2D eigenvalue weighted by molar-refractivity contribution is 5.63. The summed E-state index contributed by atoms with van der Waals surface area (Å²) in [6.45, 7) is 0.479. The molecule has 0 saturated carbocycles. The Hall–Kier alpha value is -2.70. The Morgan fingerprint density at radius 1 is 1.32 bits per heavy atom. The predicted octanol–water partition coefficient (Wildman–Crippen LogP) is 2.04. The molecule has 2 aromatic rings. The monoisotopic (exact) mass is 259 g/mol. The van der Waals surface area contributed by atoms with Crippen LogP contribution in [0.25, 0.3) is 0 Å². The second-order valence-electron chi connectivity index (χ2n) is 3.83. The van der Waals surface area contributed by atoms with Gasteiger partial charge in [-0.25, -0.2) is 9.97 Å². The van der Waals surface area contributed by atoms with Crippen LogP contribution >= 0.6 is 0 Å². The summed E-state index contributed by atoms with van der Waals surface area (Å²) in [5.74, 6) is 0. The molecule has 0 atom stereocenters. The van der Waals surface area contributed by atoms with Crippen molar-refractivity contribution in [2.24, 2.45) is 0 Å². The van der Waals surface area contributed by atoms with E-state index >= 15 is 0 Å². The van der Waals surface area contributed by atoms with E-state index in [-0.39, 0.29) is 5.69 Å². The molecule has 2 N–H and O–H groups in total. The van der Waals surface area contributed by atoms with Crippen LogP contribution in [-0.4, -0.2) is 21.9 Å². The van der Waals surface area contributed by atoms with Gasteiger partial charge in [0.25, 0.3) is 5.69 Å². The Morgan fingerprint density at radius 3 is 2.74 bits per heavy atom. The van der Waals surface area contributed by atoms with Crippen LogP contribution in [0.3, 0.4) is 0 Å². The maximum absolute atomic E-state index is 10.8. The Kier molecular flexibility index (Phi) is 3.87. The van der Waals surface area contributed by atoms with Crippen LogP contribution in [0.2, 0.25) is 0 Å². The number of benzene rings is 1. The van der Waals surface area contributed by atoms with Crippen LogP contribution in [-0.2, 0) is 6.54 Å². The van der Waals surface area contributed by atoms with Crippen molar-refractivity contribution in [3.63, 3.8) is 0 Å². The first-order valence-electron chi connectivity index (χ1n) is 5.65. The summed E-state index contributed by atoms with van der Waals surface area (Å²) in [4.78, 5) is 18.3. The number of nitro groups is 1. The van der Waals surface area contributed by atoms with Crippen molar-refractivity contribution in [2.75, 3.05) is 17.7 Å². The van der Waals surface area contributed by atoms with Crippen molar-refractivity contribution in [3.8, 4) is 0 Å². The fourth-order valence-electron chi connectivity index (χ4n) is 1.58. The molecule has 0 aliphatic carbocycles.